The lowest BCUT2D eigenvalue weighted by molar-refractivity contribution is 0.0645. The molecule has 40 heavy (non-hydrogen) atoms. The number of pyridine rings is 1. The van der Waals surface area contributed by atoms with Gasteiger partial charge in [0, 0.05) is 43.2 Å². The van der Waals surface area contributed by atoms with E-state index in [0.29, 0.717) is 71.0 Å². The summed E-state index contributed by atoms with van der Waals surface area (Å²) in [6.07, 6.45) is 9.47. The van der Waals surface area contributed by atoms with Crippen LogP contribution in [0.3, 0.4) is 0 Å². The smallest absolute Gasteiger partial charge is 0.254 e. The number of imidazole rings is 1. The number of hydrogen-bond donors (Lipinski definition) is 1. The molecule has 3 heterocycles. The van der Waals surface area contributed by atoms with Gasteiger partial charge in [0.15, 0.2) is 0 Å². The molecule has 1 saturated heterocycles. The van der Waals surface area contributed by atoms with Crippen LogP contribution in [-0.2, 0) is 5.67 Å². The van der Waals surface area contributed by atoms with Crippen molar-refractivity contribution in [3.8, 4) is 5.75 Å². The highest BCUT2D eigenvalue weighted by molar-refractivity contribution is 6.12. The highest BCUT2D eigenvalue weighted by atomic mass is 19.1. The Labute approximate surface area is 233 Å². The number of rotatable bonds is 8. The van der Waals surface area contributed by atoms with Crippen LogP contribution in [0, 0.1) is 12.7 Å². The maximum absolute atomic E-state index is 16.2. The number of benzene rings is 1. The molecule has 1 aliphatic heterocycles. The van der Waals surface area contributed by atoms with Crippen LogP contribution in [-0.4, -0.2) is 59.7 Å². The number of alkyl halides is 1. The van der Waals surface area contributed by atoms with Crippen LogP contribution in [0.5, 0.6) is 5.75 Å². The lowest BCUT2D eigenvalue weighted by Crippen LogP contribution is -2.38. The van der Waals surface area contributed by atoms with Crippen molar-refractivity contribution < 1.29 is 18.3 Å². The van der Waals surface area contributed by atoms with Crippen LogP contribution in [0.4, 0.5) is 8.78 Å². The minimum atomic E-state index is -1.51. The van der Waals surface area contributed by atoms with E-state index in [4.69, 9.17) is 4.74 Å². The Kier molecular flexibility index (Phi) is 7.59. The predicted molar refractivity (Wildman–Crippen MR) is 154 cm³/mol. The number of carbonyl (C=O) groups is 1. The Morgan fingerprint density at radius 1 is 1.25 bits per heavy atom. The number of likely N-dealkylation sites (tertiary alicyclic amines) is 1. The van der Waals surface area contributed by atoms with Crippen molar-refractivity contribution in [1.82, 2.24) is 19.6 Å². The molecule has 1 amide bonds. The molecule has 0 bridgehead atoms. The molecule has 2 fully saturated rings. The molecule has 0 radical (unpaired) electrons. The van der Waals surface area contributed by atoms with Gasteiger partial charge in [-0.05, 0) is 75.4 Å². The number of aromatic nitrogens is 2. The maximum atomic E-state index is 16.2. The molecule has 0 unspecified atom stereocenters. The van der Waals surface area contributed by atoms with Crippen LogP contribution >= 0.6 is 0 Å². The first-order chi connectivity index (χ1) is 19.1. The zero-order chi connectivity index (χ0) is 28.6. The summed E-state index contributed by atoms with van der Waals surface area (Å²) in [5, 5.41) is 2.85. The SMILES string of the molecule is C=C(N=C/C(=C\C)c1cc(C(=O)NC2CC2)c(F)cc1C)c1cnc2cc(OC)c(C3(F)CCN(C)CC3)cn12. The van der Waals surface area contributed by atoms with Crippen LogP contribution < -0.4 is 10.1 Å². The first kappa shape index (κ1) is 27.7. The van der Waals surface area contributed by atoms with Crippen LogP contribution in [0.25, 0.3) is 16.9 Å². The number of halogens is 2. The minimum Gasteiger partial charge on any atom is -0.496 e. The fourth-order valence-electron chi connectivity index (χ4n) is 5.13. The lowest BCUT2D eigenvalue weighted by atomic mass is 9.86. The minimum absolute atomic E-state index is 0.0106. The van der Waals surface area contributed by atoms with E-state index in [2.05, 4.69) is 26.8 Å². The number of allylic oxidation sites excluding steroid dienone is 2. The number of fused-ring (bicyclic) bond motifs is 1. The molecule has 0 atom stereocenters. The van der Waals surface area contributed by atoms with Crippen LogP contribution in [0.15, 0.2) is 48.2 Å². The highest BCUT2D eigenvalue weighted by Gasteiger charge is 2.38. The topological polar surface area (TPSA) is 71.2 Å². The van der Waals surface area contributed by atoms with E-state index >= 15 is 4.39 Å². The Hall–Kier alpha value is -3.85. The highest BCUT2D eigenvalue weighted by Crippen LogP contribution is 2.42. The third kappa shape index (κ3) is 5.43. The van der Waals surface area contributed by atoms with E-state index in [9.17, 15) is 9.18 Å². The Bertz CT molecular complexity index is 1530. The standard InChI is InChI=1S/C31H35F2N5O2/c1-6-21(23-14-24(26(32)13-19(23)2)30(39)36-22-7-8-22)16-34-20(3)27-17-35-29-15-28(40-5)25(18-38(27)29)31(33)9-11-37(4)12-10-31/h6,13-18,22H,3,7-12H2,1-2,4-5H3,(H,36,39)/b21-6+,34-16?. The van der Waals surface area contributed by atoms with Gasteiger partial charge in [-0.1, -0.05) is 12.7 Å². The summed E-state index contributed by atoms with van der Waals surface area (Å²) in [7, 11) is 3.53. The summed E-state index contributed by atoms with van der Waals surface area (Å²) in [6.45, 7) is 9.10. The monoisotopic (exact) mass is 547 g/mol. The van der Waals surface area contributed by atoms with Gasteiger partial charge < -0.3 is 15.0 Å². The second-order valence-electron chi connectivity index (χ2n) is 10.7. The Morgan fingerprint density at radius 2 is 1.98 bits per heavy atom. The first-order valence-corrected chi connectivity index (χ1v) is 13.6. The van der Waals surface area contributed by atoms with E-state index in [1.807, 2.05) is 20.0 Å². The van der Waals surface area contributed by atoms with E-state index in [1.54, 1.807) is 42.1 Å². The molecule has 1 N–H and O–H groups in total. The van der Waals surface area contributed by atoms with Gasteiger partial charge in [0.05, 0.1) is 30.3 Å². The maximum Gasteiger partial charge on any atom is 0.254 e. The predicted octanol–water partition coefficient (Wildman–Crippen LogP) is 5.72. The van der Waals surface area contributed by atoms with Gasteiger partial charge in [0.1, 0.15) is 22.9 Å². The molecule has 3 aromatic rings. The van der Waals surface area contributed by atoms with Gasteiger partial charge in [-0.25, -0.2) is 13.8 Å². The second-order valence-corrected chi connectivity index (χ2v) is 10.7. The van der Waals surface area contributed by atoms with Crippen molar-refractivity contribution in [2.24, 2.45) is 4.99 Å². The molecule has 1 aliphatic carbocycles. The van der Waals surface area contributed by atoms with Gasteiger partial charge in [0.25, 0.3) is 5.91 Å². The summed E-state index contributed by atoms with van der Waals surface area (Å²) in [5.41, 5.74) is 2.71. The molecular formula is C31H35F2N5O2. The average molecular weight is 548 g/mol. The molecule has 210 valence electrons. The second kappa shape index (κ2) is 11.0. The number of methoxy groups -OCH3 is 1. The van der Waals surface area contributed by atoms with Crippen molar-refractivity contribution in [3.05, 3.63) is 77.0 Å². The number of nitrogens with zero attached hydrogens (tertiary/aromatic N) is 4. The van der Waals surface area contributed by atoms with Crippen molar-refractivity contribution >= 4 is 29.0 Å². The first-order valence-electron chi connectivity index (χ1n) is 13.6. The van der Waals surface area contributed by atoms with Crippen molar-refractivity contribution in [3.63, 3.8) is 0 Å². The molecular weight excluding hydrogens is 512 g/mol. The molecule has 2 aromatic heterocycles. The number of aliphatic imine (C=N–C) groups is 1. The third-order valence-corrected chi connectivity index (χ3v) is 7.84. The van der Waals surface area contributed by atoms with E-state index in [0.717, 1.165) is 12.8 Å². The average Bonchev–Trinajstić information content (AvgIpc) is 3.65. The molecule has 0 spiro atoms. The number of amides is 1. The summed E-state index contributed by atoms with van der Waals surface area (Å²) >= 11 is 0. The number of ether oxygens (including phenoxy) is 1. The summed E-state index contributed by atoms with van der Waals surface area (Å²) < 4.78 is 38.2. The zero-order valence-electron chi connectivity index (χ0n) is 23.4. The molecule has 2 aliphatic rings. The summed E-state index contributed by atoms with van der Waals surface area (Å²) in [5.74, 6) is -0.496. The number of piperidine rings is 1. The van der Waals surface area contributed by atoms with Gasteiger partial charge >= 0.3 is 0 Å². The number of aryl methyl sites for hydroxylation is 1. The molecule has 9 heteroatoms. The number of carbonyl (C=O) groups excluding carboxylic acids is 1. The molecule has 1 aromatic carbocycles. The van der Waals surface area contributed by atoms with E-state index < -0.39 is 17.4 Å². The lowest BCUT2D eigenvalue weighted by Gasteiger charge is -2.35. The van der Waals surface area contributed by atoms with Crippen LogP contribution in [0.1, 0.15) is 65.3 Å². The number of hydrogen-bond acceptors (Lipinski definition) is 5. The quantitative estimate of drug-likeness (QED) is 0.367. The zero-order valence-corrected chi connectivity index (χ0v) is 23.4. The Morgan fingerprint density at radius 3 is 2.62 bits per heavy atom. The van der Waals surface area contributed by atoms with Gasteiger partial charge in [-0.2, -0.15) is 0 Å². The van der Waals surface area contributed by atoms with Crippen molar-refractivity contribution in [2.45, 2.75) is 51.2 Å². The van der Waals surface area contributed by atoms with E-state index in [1.165, 1.54) is 13.2 Å². The Balaban J connectivity index is 1.44. The number of nitrogens with one attached hydrogen (secondary N) is 1. The fraction of sp³-hybridized carbons (Fsp3) is 0.387. The van der Waals surface area contributed by atoms with Gasteiger partial charge in [0.2, 0.25) is 0 Å². The van der Waals surface area contributed by atoms with Gasteiger partial charge in [-0.15, -0.1) is 0 Å². The molecule has 1 saturated carbocycles. The summed E-state index contributed by atoms with van der Waals surface area (Å²) in [6, 6.07) is 4.81. The largest absolute Gasteiger partial charge is 0.496 e. The third-order valence-electron chi connectivity index (χ3n) is 7.84. The van der Waals surface area contributed by atoms with Crippen molar-refractivity contribution in [2.75, 3.05) is 27.2 Å². The normalized spacial score (nSPS) is 17.9. The fourth-order valence-corrected chi connectivity index (χ4v) is 5.13. The van der Waals surface area contributed by atoms with Crippen molar-refractivity contribution in [1.29, 1.82) is 0 Å². The van der Waals surface area contributed by atoms with Crippen LogP contribution in [0.2, 0.25) is 0 Å². The molecule has 5 rings (SSSR count). The van der Waals surface area contributed by atoms with E-state index in [-0.39, 0.29) is 11.6 Å². The van der Waals surface area contributed by atoms with Gasteiger partial charge in [-0.3, -0.25) is 14.2 Å². The summed E-state index contributed by atoms with van der Waals surface area (Å²) in [4.78, 5) is 23.8. The molecule has 7 nitrogen and oxygen atoms in total.